The minimum Gasteiger partial charge on any atom is -0.324 e. The Morgan fingerprint density at radius 2 is 2.37 bits per heavy atom. The van der Waals surface area contributed by atoms with Gasteiger partial charge in [0.1, 0.15) is 11.9 Å². The summed E-state index contributed by atoms with van der Waals surface area (Å²) in [6.07, 6.45) is 9.79. The van der Waals surface area contributed by atoms with E-state index >= 15 is 0 Å². The van der Waals surface area contributed by atoms with E-state index in [4.69, 9.17) is 0 Å². The molecule has 1 fully saturated rings. The molecule has 1 aromatic rings. The highest BCUT2D eigenvalue weighted by Gasteiger charge is 2.36. The van der Waals surface area contributed by atoms with E-state index < -0.39 is 0 Å². The lowest BCUT2D eigenvalue weighted by atomic mass is 9.93. The molecule has 2 atom stereocenters. The van der Waals surface area contributed by atoms with E-state index in [0.717, 1.165) is 18.5 Å². The zero-order valence-corrected chi connectivity index (χ0v) is 10.5. The Kier molecular flexibility index (Phi) is 3.29. The number of allylic oxidation sites excluding steroid dienone is 3. The number of nitrogens with zero attached hydrogens (tertiary/aromatic N) is 1. The van der Waals surface area contributed by atoms with Crippen molar-refractivity contribution in [3.05, 3.63) is 48.3 Å². The Bertz CT molecular complexity index is 524. The normalized spacial score (nSPS) is 24.9. The van der Waals surface area contributed by atoms with Crippen LogP contribution in [0.2, 0.25) is 0 Å². The third kappa shape index (κ3) is 2.51. The highest BCUT2D eigenvalue weighted by atomic mass is 16.2. The molecule has 98 valence electrons. The first-order valence-electron chi connectivity index (χ1n) is 6.45. The van der Waals surface area contributed by atoms with Crippen molar-refractivity contribution in [3.8, 4) is 0 Å². The van der Waals surface area contributed by atoms with Crippen molar-refractivity contribution in [3.63, 3.8) is 0 Å². The number of carbonyl (C=O) groups is 1. The third-order valence-corrected chi connectivity index (χ3v) is 3.43. The number of pyridine rings is 1. The highest BCUT2D eigenvalue weighted by molar-refractivity contribution is 5.94. The number of anilines is 1. The van der Waals surface area contributed by atoms with Crippen LogP contribution in [0.25, 0.3) is 0 Å². The van der Waals surface area contributed by atoms with Crippen LogP contribution in [0.3, 0.4) is 0 Å². The van der Waals surface area contributed by atoms with Crippen LogP contribution in [0, 0.1) is 5.92 Å². The summed E-state index contributed by atoms with van der Waals surface area (Å²) in [5, 5.41) is 2.84. The van der Waals surface area contributed by atoms with Crippen LogP contribution in [-0.4, -0.2) is 16.9 Å². The average molecular weight is 256 g/mol. The van der Waals surface area contributed by atoms with E-state index in [9.17, 15) is 4.79 Å². The minimum absolute atomic E-state index is 0.0542. The van der Waals surface area contributed by atoms with Crippen molar-refractivity contribution in [2.75, 3.05) is 5.32 Å². The summed E-state index contributed by atoms with van der Waals surface area (Å²) in [7, 11) is 0. The van der Waals surface area contributed by atoms with E-state index in [1.54, 1.807) is 12.3 Å². The molecule has 1 aromatic heterocycles. The van der Waals surface area contributed by atoms with Crippen molar-refractivity contribution < 1.29 is 4.79 Å². The molecule has 0 bridgehead atoms. The molecule has 0 spiro atoms. The predicted molar refractivity (Wildman–Crippen MR) is 72.9 cm³/mol. The smallest absolute Gasteiger partial charge is 0.245 e. The highest BCUT2D eigenvalue weighted by Crippen LogP contribution is 2.26. The summed E-state index contributed by atoms with van der Waals surface area (Å²) in [6, 6.07) is 5.20. The standard InChI is InChI=1S/C14H16N4O/c19-14(16-12-8-4-5-9-15-12)13-10-6-2-1-3-7-11(10)17-18-13/h1,3-5,7-10,13,17-18H,2,6H2,(H,15,16,19). The zero-order valence-electron chi connectivity index (χ0n) is 10.5. The number of nitrogens with one attached hydrogen (secondary N) is 3. The van der Waals surface area contributed by atoms with Crippen LogP contribution in [0.1, 0.15) is 12.8 Å². The number of amides is 1. The Morgan fingerprint density at radius 1 is 1.42 bits per heavy atom. The van der Waals surface area contributed by atoms with Crippen LogP contribution in [0.15, 0.2) is 48.3 Å². The molecule has 1 saturated heterocycles. The number of carbonyl (C=O) groups excluding carboxylic acids is 1. The van der Waals surface area contributed by atoms with Crippen LogP contribution in [0.4, 0.5) is 5.82 Å². The van der Waals surface area contributed by atoms with Gasteiger partial charge in [-0.1, -0.05) is 18.2 Å². The van der Waals surface area contributed by atoms with Gasteiger partial charge in [-0.2, -0.15) is 0 Å². The van der Waals surface area contributed by atoms with Crippen molar-refractivity contribution in [2.24, 2.45) is 5.92 Å². The minimum atomic E-state index is -0.256. The van der Waals surface area contributed by atoms with Gasteiger partial charge in [0.2, 0.25) is 5.91 Å². The van der Waals surface area contributed by atoms with Gasteiger partial charge in [-0.3, -0.25) is 4.79 Å². The van der Waals surface area contributed by atoms with Gasteiger partial charge in [-0.05, 0) is 31.1 Å². The number of aromatic nitrogens is 1. The maximum atomic E-state index is 12.3. The molecular formula is C14H16N4O. The van der Waals surface area contributed by atoms with Crippen LogP contribution >= 0.6 is 0 Å². The van der Waals surface area contributed by atoms with Gasteiger partial charge >= 0.3 is 0 Å². The second kappa shape index (κ2) is 5.24. The van der Waals surface area contributed by atoms with Crippen LogP contribution in [-0.2, 0) is 4.79 Å². The summed E-state index contributed by atoms with van der Waals surface area (Å²) in [5.41, 5.74) is 7.23. The lowest BCUT2D eigenvalue weighted by Crippen LogP contribution is -2.42. The van der Waals surface area contributed by atoms with E-state index in [1.165, 1.54) is 0 Å². The van der Waals surface area contributed by atoms with E-state index in [1.807, 2.05) is 24.3 Å². The van der Waals surface area contributed by atoms with Gasteiger partial charge in [0.25, 0.3) is 0 Å². The van der Waals surface area contributed by atoms with Crippen molar-refractivity contribution >= 4 is 11.7 Å². The van der Waals surface area contributed by atoms with Gasteiger partial charge in [0.05, 0.1) is 0 Å². The molecule has 0 saturated carbocycles. The first-order valence-corrected chi connectivity index (χ1v) is 6.45. The number of rotatable bonds is 2. The number of hydrogen-bond donors (Lipinski definition) is 3. The molecule has 0 aromatic carbocycles. The fraction of sp³-hybridized carbons (Fsp3) is 0.286. The molecule has 3 N–H and O–H groups in total. The molecular weight excluding hydrogens is 240 g/mol. The second-order valence-corrected chi connectivity index (χ2v) is 4.69. The van der Waals surface area contributed by atoms with Gasteiger partial charge in [-0.15, -0.1) is 0 Å². The fourth-order valence-electron chi connectivity index (χ4n) is 2.45. The summed E-state index contributed by atoms with van der Waals surface area (Å²) in [6.45, 7) is 0. The van der Waals surface area contributed by atoms with E-state index in [0.29, 0.717) is 5.82 Å². The number of hydrogen-bond acceptors (Lipinski definition) is 4. The third-order valence-electron chi connectivity index (χ3n) is 3.43. The first kappa shape index (κ1) is 11.9. The van der Waals surface area contributed by atoms with E-state index in [-0.39, 0.29) is 17.9 Å². The summed E-state index contributed by atoms with van der Waals surface area (Å²) in [4.78, 5) is 16.4. The summed E-state index contributed by atoms with van der Waals surface area (Å²) >= 11 is 0. The van der Waals surface area contributed by atoms with Gasteiger partial charge in [-0.25, -0.2) is 10.4 Å². The van der Waals surface area contributed by atoms with E-state index in [2.05, 4.69) is 27.2 Å². The van der Waals surface area contributed by atoms with Crippen molar-refractivity contribution in [1.82, 2.24) is 15.8 Å². The van der Waals surface area contributed by atoms with Gasteiger partial charge in [0, 0.05) is 17.8 Å². The summed E-state index contributed by atoms with van der Waals surface area (Å²) in [5.74, 6) is 0.721. The Hall–Kier alpha value is -2.14. The number of fused-ring (bicyclic) bond motifs is 1. The maximum absolute atomic E-state index is 12.3. The molecule has 5 heteroatoms. The van der Waals surface area contributed by atoms with Gasteiger partial charge < -0.3 is 10.7 Å². The molecule has 5 nitrogen and oxygen atoms in total. The number of hydrazine groups is 1. The topological polar surface area (TPSA) is 66.0 Å². The van der Waals surface area contributed by atoms with Crippen molar-refractivity contribution in [2.45, 2.75) is 18.9 Å². The molecule has 1 aliphatic heterocycles. The average Bonchev–Trinajstić information content (AvgIpc) is 2.69. The Balaban J connectivity index is 1.71. The summed E-state index contributed by atoms with van der Waals surface area (Å²) < 4.78 is 0. The first-order chi connectivity index (χ1) is 9.34. The second-order valence-electron chi connectivity index (χ2n) is 4.69. The molecule has 2 unspecified atom stereocenters. The quantitative estimate of drug-likeness (QED) is 0.747. The van der Waals surface area contributed by atoms with Gasteiger partial charge in [0.15, 0.2) is 0 Å². The zero-order chi connectivity index (χ0) is 13.1. The SMILES string of the molecule is O=C(Nc1ccccn1)C1NNC2=CC=CCCC21. The van der Waals surface area contributed by atoms with Crippen LogP contribution < -0.4 is 16.2 Å². The predicted octanol–water partition coefficient (Wildman–Crippen LogP) is 1.35. The molecule has 19 heavy (non-hydrogen) atoms. The molecule has 1 aliphatic carbocycles. The van der Waals surface area contributed by atoms with Crippen LogP contribution in [0.5, 0.6) is 0 Å². The largest absolute Gasteiger partial charge is 0.324 e. The Labute approximate surface area is 111 Å². The van der Waals surface area contributed by atoms with Crippen molar-refractivity contribution in [1.29, 1.82) is 0 Å². The Morgan fingerprint density at radius 3 is 3.21 bits per heavy atom. The lowest BCUT2D eigenvalue weighted by molar-refractivity contribution is -0.118. The lowest BCUT2D eigenvalue weighted by Gasteiger charge is -2.16. The molecule has 2 heterocycles. The monoisotopic (exact) mass is 256 g/mol. The molecule has 0 radical (unpaired) electrons. The fourth-order valence-corrected chi connectivity index (χ4v) is 2.45. The maximum Gasteiger partial charge on any atom is 0.245 e. The molecule has 2 aliphatic rings. The molecule has 3 rings (SSSR count). The molecule has 1 amide bonds.